The smallest absolute Gasteiger partial charge is 0.303 e. The molecule has 0 aliphatic carbocycles. The summed E-state index contributed by atoms with van der Waals surface area (Å²) in [6.45, 7) is 11.9. The summed E-state index contributed by atoms with van der Waals surface area (Å²) < 4.78 is 46.0. The number of carbonyl (C=O) groups is 4. The Morgan fingerprint density at radius 3 is 2.15 bits per heavy atom. The van der Waals surface area contributed by atoms with Crippen LogP contribution < -0.4 is 9.47 Å². The van der Waals surface area contributed by atoms with Gasteiger partial charge in [0.2, 0.25) is 18.3 Å². The third-order valence-corrected chi connectivity index (χ3v) is 8.11. The van der Waals surface area contributed by atoms with Crippen LogP contribution in [0.3, 0.4) is 0 Å². The molecule has 0 radical (unpaired) electrons. The first-order valence-corrected chi connectivity index (χ1v) is 17.2. The fourth-order valence-corrected chi connectivity index (χ4v) is 5.76. The molecule has 282 valence electrons. The Morgan fingerprint density at radius 2 is 1.52 bits per heavy atom. The molecule has 14 nitrogen and oxygen atoms in total. The van der Waals surface area contributed by atoms with Gasteiger partial charge < -0.3 is 37.9 Å². The highest BCUT2D eigenvalue weighted by Crippen LogP contribution is 2.34. The molecule has 1 N–H and O–H groups in total. The second kappa shape index (κ2) is 19.0. The number of carbonyl (C=O) groups excluding carboxylic acids is 4. The highest BCUT2D eigenvalue weighted by molar-refractivity contribution is 5.68. The van der Waals surface area contributed by atoms with Gasteiger partial charge in [-0.1, -0.05) is 50.2 Å². The standard InChI is InChI=1S/C38H48N2O12/c1-22(2)33-31(19-29-14-15-30(18-23(29)3)46-17-11-16-45-20-28-12-9-8-10-13-28)37(40-39-33)52-38-36(50-27(7)44)35(49-26(6)43)34(48-25(5)42)32(51-38)21-47-24(4)41/h8-10,12-15,18,22,32,34-36,38H,11,16-17,19-21H2,1-7H3,(H,39,40)/t32-,34+,35+,36-,38+/m1/s1. The molecular formula is C38H48N2O12. The van der Waals surface area contributed by atoms with Gasteiger partial charge in [-0.05, 0) is 41.7 Å². The lowest BCUT2D eigenvalue weighted by atomic mass is 9.96. The first-order valence-electron chi connectivity index (χ1n) is 17.2. The molecule has 1 aliphatic rings. The Hall–Kier alpha value is -4.95. The van der Waals surface area contributed by atoms with Crippen molar-refractivity contribution >= 4 is 23.9 Å². The van der Waals surface area contributed by atoms with Gasteiger partial charge in [0, 0.05) is 51.8 Å². The van der Waals surface area contributed by atoms with E-state index in [4.69, 9.17) is 37.9 Å². The highest BCUT2D eigenvalue weighted by Gasteiger charge is 2.53. The summed E-state index contributed by atoms with van der Waals surface area (Å²) in [6, 6.07) is 15.9. The van der Waals surface area contributed by atoms with E-state index in [1.807, 2.05) is 69.3 Å². The van der Waals surface area contributed by atoms with Crippen molar-refractivity contribution in [2.75, 3.05) is 19.8 Å². The molecule has 0 amide bonds. The Kier molecular flexibility index (Phi) is 14.6. The molecule has 14 heteroatoms. The SMILES string of the molecule is CC(=O)OC[C@H]1O[C@@H](Oc2n[nH]c(C(C)C)c2Cc2ccc(OCCCOCc3ccccc3)cc2C)[C@H](OC(C)=O)[C@@H](OC(C)=O)[C@H]1OC(C)=O. The maximum atomic E-state index is 12.3. The van der Waals surface area contributed by atoms with Crippen LogP contribution in [0.4, 0.5) is 0 Å². The van der Waals surface area contributed by atoms with Gasteiger partial charge in [-0.2, -0.15) is 0 Å². The average Bonchev–Trinajstić information content (AvgIpc) is 3.47. The maximum absolute atomic E-state index is 12.3. The zero-order valence-corrected chi connectivity index (χ0v) is 30.7. The Bertz CT molecular complexity index is 1660. The summed E-state index contributed by atoms with van der Waals surface area (Å²) in [5.41, 5.74) is 4.60. The lowest BCUT2D eigenvalue weighted by Crippen LogP contribution is -2.63. The number of aromatic nitrogens is 2. The first-order chi connectivity index (χ1) is 24.8. The van der Waals surface area contributed by atoms with Gasteiger partial charge in [0.25, 0.3) is 0 Å². The largest absolute Gasteiger partial charge is 0.493 e. The minimum absolute atomic E-state index is 0.0160. The quantitative estimate of drug-likeness (QED) is 0.114. The normalized spacial score (nSPS) is 19.8. The molecule has 4 rings (SSSR count). The third kappa shape index (κ3) is 11.5. The fraction of sp³-hybridized carbons (Fsp3) is 0.500. The molecule has 0 bridgehead atoms. The minimum atomic E-state index is -1.42. The molecule has 2 aromatic carbocycles. The van der Waals surface area contributed by atoms with Gasteiger partial charge >= 0.3 is 23.9 Å². The molecule has 0 spiro atoms. The second-order valence-electron chi connectivity index (χ2n) is 12.8. The van der Waals surface area contributed by atoms with Crippen LogP contribution >= 0.6 is 0 Å². The number of H-pyrrole nitrogens is 1. The number of hydrogen-bond acceptors (Lipinski definition) is 13. The van der Waals surface area contributed by atoms with Gasteiger partial charge in [-0.3, -0.25) is 24.3 Å². The van der Waals surface area contributed by atoms with Crippen LogP contribution in [0.15, 0.2) is 48.5 Å². The molecular weight excluding hydrogens is 676 g/mol. The van der Waals surface area contributed by atoms with Crippen molar-refractivity contribution in [2.24, 2.45) is 0 Å². The van der Waals surface area contributed by atoms with E-state index in [9.17, 15) is 19.2 Å². The number of esters is 4. The predicted molar refractivity (Wildman–Crippen MR) is 185 cm³/mol. The van der Waals surface area contributed by atoms with Gasteiger partial charge in [0.05, 0.1) is 19.8 Å². The van der Waals surface area contributed by atoms with E-state index in [2.05, 4.69) is 10.2 Å². The van der Waals surface area contributed by atoms with E-state index in [0.29, 0.717) is 26.2 Å². The third-order valence-electron chi connectivity index (χ3n) is 8.11. The summed E-state index contributed by atoms with van der Waals surface area (Å²) in [5, 5.41) is 7.50. The number of aromatic amines is 1. The van der Waals surface area contributed by atoms with Crippen LogP contribution in [0.2, 0.25) is 0 Å². The van der Waals surface area contributed by atoms with Crippen molar-refractivity contribution < 1.29 is 57.1 Å². The summed E-state index contributed by atoms with van der Waals surface area (Å²) >= 11 is 0. The Labute approximate surface area is 303 Å². The number of hydrogen-bond donors (Lipinski definition) is 1. The van der Waals surface area contributed by atoms with E-state index < -0.39 is 54.6 Å². The van der Waals surface area contributed by atoms with Crippen LogP contribution in [0.1, 0.15) is 81.8 Å². The zero-order chi connectivity index (χ0) is 37.8. The number of benzene rings is 2. The maximum Gasteiger partial charge on any atom is 0.303 e. The van der Waals surface area contributed by atoms with E-state index in [0.717, 1.165) is 54.0 Å². The topological polar surface area (TPSA) is 171 Å². The van der Waals surface area contributed by atoms with Crippen molar-refractivity contribution in [3.63, 3.8) is 0 Å². The highest BCUT2D eigenvalue weighted by atomic mass is 16.7. The molecule has 52 heavy (non-hydrogen) atoms. The molecule has 0 saturated carbocycles. The summed E-state index contributed by atoms with van der Waals surface area (Å²) in [5.74, 6) is -1.92. The second-order valence-corrected chi connectivity index (χ2v) is 12.8. The molecule has 1 fully saturated rings. The van der Waals surface area contributed by atoms with Crippen LogP contribution in [0.5, 0.6) is 11.6 Å². The molecule has 3 aromatic rings. The van der Waals surface area contributed by atoms with Gasteiger partial charge in [-0.25, -0.2) is 0 Å². The van der Waals surface area contributed by atoms with Crippen LogP contribution in [-0.4, -0.2) is 84.6 Å². The summed E-state index contributed by atoms with van der Waals surface area (Å²) in [4.78, 5) is 48.4. The van der Waals surface area contributed by atoms with E-state index >= 15 is 0 Å². The van der Waals surface area contributed by atoms with Crippen LogP contribution in [0, 0.1) is 6.92 Å². The number of aryl methyl sites for hydroxylation is 1. The molecule has 1 saturated heterocycles. The minimum Gasteiger partial charge on any atom is -0.493 e. The van der Waals surface area contributed by atoms with Crippen molar-refractivity contribution in [3.05, 3.63) is 76.5 Å². The van der Waals surface area contributed by atoms with Crippen LogP contribution in [0.25, 0.3) is 0 Å². The molecule has 1 aromatic heterocycles. The number of nitrogens with zero attached hydrogens (tertiary/aromatic N) is 1. The lowest BCUT2D eigenvalue weighted by molar-refractivity contribution is -0.289. The first kappa shape index (κ1) is 39.8. The van der Waals surface area contributed by atoms with Gasteiger partial charge in [0.15, 0.2) is 12.2 Å². The van der Waals surface area contributed by atoms with Crippen molar-refractivity contribution in [3.8, 4) is 11.6 Å². The molecule has 1 aliphatic heterocycles. The van der Waals surface area contributed by atoms with E-state index in [1.54, 1.807) is 0 Å². The summed E-state index contributed by atoms with van der Waals surface area (Å²) in [7, 11) is 0. The van der Waals surface area contributed by atoms with E-state index in [1.165, 1.54) is 13.8 Å². The van der Waals surface area contributed by atoms with E-state index in [-0.39, 0.29) is 18.4 Å². The van der Waals surface area contributed by atoms with Crippen LogP contribution in [-0.2, 0) is 60.6 Å². The average molecular weight is 725 g/mol. The van der Waals surface area contributed by atoms with Crippen molar-refractivity contribution in [1.29, 1.82) is 0 Å². The Balaban J connectivity index is 1.53. The van der Waals surface area contributed by atoms with Gasteiger partial charge in [-0.15, -0.1) is 5.10 Å². The predicted octanol–water partition coefficient (Wildman–Crippen LogP) is 4.88. The zero-order valence-electron chi connectivity index (χ0n) is 30.7. The van der Waals surface area contributed by atoms with Gasteiger partial charge in [0.1, 0.15) is 18.5 Å². The number of rotatable bonds is 17. The molecule has 0 unspecified atom stereocenters. The number of ether oxygens (including phenoxy) is 8. The molecule has 2 heterocycles. The monoisotopic (exact) mass is 724 g/mol. The number of nitrogens with one attached hydrogen (secondary N) is 1. The molecule has 5 atom stereocenters. The Morgan fingerprint density at radius 1 is 0.846 bits per heavy atom. The lowest BCUT2D eigenvalue weighted by Gasteiger charge is -2.43. The van der Waals surface area contributed by atoms with Crippen molar-refractivity contribution in [1.82, 2.24) is 10.2 Å². The summed E-state index contributed by atoms with van der Waals surface area (Å²) in [6.07, 6.45) is -5.51. The van der Waals surface area contributed by atoms with Crippen molar-refractivity contribution in [2.45, 2.75) is 105 Å². The fourth-order valence-electron chi connectivity index (χ4n) is 5.76.